The van der Waals surface area contributed by atoms with Gasteiger partial charge in [-0.05, 0) is 86.4 Å². The monoisotopic (exact) mass is 476 g/mol. The highest BCUT2D eigenvalue weighted by Gasteiger charge is 2.38. The van der Waals surface area contributed by atoms with Crippen molar-refractivity contribution in [3.8, 4) is 0 Å². The number of carbonyl (C=O) groups is 1. The molecular weight excluding hydrogens is 432 g/mol. The molecule has 2 aromatic rings. The van der Waals surface area contributed by atoms with Crippen LogP contribution in [0.2, 0.25) is 0 Å². The van der Waals surface area contributed by atoms with E-state index in [4.69, 9.17) is 0 Å². The maximum atomic E-state index is 11.8. The van der Waals surface area contributed by atoms with Gasteiger partial charge in [0.05, 0.1) is 0 Å². The highest BCUT2D eigenvalue weighted by molar-refractivity contribution is 5.73. The summed E-state index contributed by atoms with van der Waals surface area (Å²) in [5, 5.41) is 13.2. The zero-order chi connectivity index (χ0) is 24.6. The van der Waals surface area contributed by atoms with Crippen molar-refractivity contribution in [2.45, 2.75) is 76.8 Å². The minimum atomic E-state index is -0.728. The Labute approximate surface area is 212 Å². The molecular formula is C31H44N2O2. The first-order chi connectivity index (χ1) is 17.0. The molecule has 1 saturated carbocycles. The average molecular weight is 477 g/mol. The van der Waals surface area contributed by atoms with Crippen molar-refractivity contribution >= 4 is 5.97 Å². The normalized spacial score (nSPS) is 24.6. The lowest BCUT2D eigenvalue weighted by molar-refractivity contribution is -0.140. The van der Waals surface area contributed by atoms with E-state index < -0.39 is 12.0 Å². The molecule has 1 saturated heterocycles. The van der Waals surface area contributed by atoms with Gasteiger partial charge in [0, 0.05) is 12.6 Å². The first-order valence-corrected chi connectivity index (χ1v) is 13.8. The van der Waals surface area contributed by atoms with Gasteiger partial charge < -0.3 is 15.3 Å². The molecule has 0 radical (unpaired) electrons. The van der Waals surface area contributed by atoms with Crippen LogP contribution in [-0.4, -0.2) is 47.7 Å². The molecule has 2 aromatic carbocycles. The first kappa shape index (κ1) is 25.9. The summed E-state index contributed by atoms with van der Waals surface area (Å²) in [4.78, 5) is 14.5. The van der Waals surface area contributed by atoms with Crippen LogP contribution >= 0.6 is 0 Å². The van der Waals surface area contributed by atoms with Crippen molar-refractivity contribution in [2.24, 2.45) is 17.8 Å². The van der Waals surface area contributed by atoms with E-state index in [0.29, 0.717) is 11.8 Å². The maximum absolute atomic E-state index is 11.8. The van der Waals surface area contributed by atoms with E-state index in [1.807, 2.05) is 13.8 Å². The fraction of sp³-hybridized carbons (Fsp3) is 0.581. The molecule has 2 aliphatic rings. The van der Waals surface area contributed by atoms with Crippen LogP contribution in [0.3, 0.4) is 0 Å². The number of carboxylic acids is 1. The molecule has 4 atom stereocenters. The number of nitrogens with one attached hydrogen (secondary N) is 1. The van der Waals surface area contributed by atoms with Gasteiger partial charge >= 0.3 is 5.97 Å². The van der Waals surface area contributed by atoms with Gasteiger partial charge in [-0.15, -0.1) is 0 Å². The lowest BCUT2D eigenvalue weighted by Crippen LogP contribution is -2.46. The predicted molar refractivity (Wildman–Crippen MR) is 144 cm³/mol. The molecule has 4 nitrogen and oxygen atoms in total. The molecule has 2 fully saturated rings. The molecule has 0 bridgehead atoms. The van der Waals surface area contributed by atoms with Crippen LogP contribution in [0.1, 0.15) is 69.4 Å². The summed E-state index contributed by atoms with van der Waals surface area (Å²) < 4.78 is 0. The van der Waals surface area contributed by atoms with Gasteiger partial charge in [0.25, 0.3) is 0 Å². The number of aliphatic carboxylic acids is 1. The lowest BCUT2D eigenvalue weighted by Gasteiger charge is -2.35. The van der Waals surface area contributed by atoms with Crippen LogP contribution in [0, 0.1) is 17.8 Å². The molecule has 4 rings (SSSR count). The first-order valence-electron chi connectivity index (χ1n) is 13.8. The predicted octanol–water partition coefficient (Wildman–Crippen LogP) is 5.98. The summed E-state index contributed by atoms with van der Waals surface area (Å²) in [5.74, 6) is 1.29. The van der Waals surface area contributed by atoms with E-state index >= 15 is 0 Å². The second-order valence-electron chi connectivity index (χ2n) is 11.3. The van der Waals surface area contributed by atoms with Gasteiger partial charge in [-0.3, -0.25) is 4.79 Å². The van der Waals surface area contributed by atoms with E-state index in [1.54, 1.807) is 0 Å². The maximum Gasteiger partial charge on any atom is 0.320 e. The molecule has 0 amide bonds. The third-order valence-electron chi connectivity index (χ3n) is 8.39. The van der Waals surface area contributed by atoms with Gasteiger partial charge in [-0.25, -0.2) is 0 Å². The molecule has 0 spiro atoms. The van der Waals surface area contributed by atoms with E-state index in [2.05, 4.69) is 70.9 Å². The number of piperidine rings is 1. The molecule has 1 heterocycles. The summed E-state index contributed by atoms with van der Waals surface area (Å²) >= 11 is 0. The van der Waals surface area contributed by atoms with E-state index in [9.17, 15) is 9.90 Å². The quantitative estimate of drug-likeness (QED) is 0.419. The van der Waals surface area contributed by atoms with Crippen LogP contribution < -0.4 is 5.32 Å². The third-order valence-corrected chi connectivity index (χ3v) is 8.39. The largest absolute Gasteiger partial charge is 0.480 e. The lowest BCUT2D eigenvalue weighted by atomic mass is 9.87. The van der Waals surface area contributed by atoms with Crippen LogP contribution in [0.5, 0.6) is 0 Å². The summed E-state index contributed by atoms with van der Waals surface area (Å²) in [7, 11) is 0. The highest BCUT2D eigenvalue weighted by Crippen LogP contribution is 2.41. The fourth-order valence-electron chi connectivity index (χ4n) is 6.40. The number of carboxylic acid groups (broad SMARTS) is 1. The molecule has 35 heavy (non-hydrogen) atoms. The highest BCUT2D eigenvalue weighted by atomic mass is 16.4. The molecule has 1 aliphatic carbocycles. The van der Waals surface area contributed by atoms with Crippen molar-refractivity contribution in [3.05, 3.63) is 71.8 Å². The standard InChI is InChI=1S/C31H44N2O2/c1-23(2)30(31(34)35)32-28-20-27(29(21-28)26-14-7-4-8-15-26)22-33-18-16-25(17-19-33)13-9-12-24-10-5-3-6-11-24/h3-8,10-11,14-15,23,25,27-30,32H,9,12-13,16-22H2,1-2H3,(H,34,35)/t27-,28?,29-,30?/m1/s1. The summed E-state index contributed by atoms with van der Waals surface area (Å²) in [6.45, 7) is 7.54. The smallest absolute Gasteiger partial charge is 0.320 e. The summed E-state index contributed by atoms with van der Waals surface area (Å²) in [6, 6.07) is 21.6. The Bertz CT molecular complexity index is 893. The van der Waals surface area contributed by atoms with Crippen LogP contribution in [0.25, 0.3) is 0 Å². The van der Waals surface area contributed by atoms with Gasteiger partial charge in [0.1, 0.15) is 6.04 Å². The number of hydrogen-bond acceptors (Lipinski definition) is 3. The van der Waals surface area contributed by atoms with Gasteiger partial charge in [0.2, 0.25) is 0 Å². The van der Waals surface area contributed by atoms with E-state index in [-0.39, 0.29) is 12.0 Å². The van der Waals surface area contributed by atoms with Crippen molar-refractivity contribution in [3.63, 3.8) is 0 Å². The summed E-state index contributed by atoms with van der Waals surface area (Å²) in [5.41, 5.74) is 2.87. The average Bonchev–Trinajstić information content (AvgIpc) is 3.27. The third kappa shape index (κ3) is 7.41. The van der Waals surface area contributed by atoms with Crippen LogP contribution in [0.4, 0.5) is 0 Å². The van der Waals surface area contributed by atoms with Gasteiger partial charge in [-0.1, -0.05) is 80.9 Å². The zero-order valence-corrected chi connectivity index (χ0v) is 21.6. The second-order valence-corrected chi connectivity index (χ2v) is 11.3. The number of likely N-dealkylation sites (tertiary alicyclic amines) is 1. The number of rotatable bonds is 11. The van der Waals surface area contributed by atoms with E-state index in [0.717, 1.165) is 25.3 Å². The van der Waals surface area contributed by atoms with Crippen LogP contribution in [-0.2, 0) is 11.2 Å². The molecule has 4 heteroatoms. The number of hydrogen-bond donors (Lipinski definition) is 2. The zero-order valence-electron chi connectivity index (χ0n) is 21.6. The minimum Gasteiger partial charge on any atom is -0.480 e. The molecule has 190 valence electrons. The topological polar surface area (TPSA) is 52.6 Å². The molecule has 0 aromatic heterocycles. The van der Waals surface area contributed by atoms with Crippen molar-refractivity contribution in [1.82, 2.24) is 10.2 Å². The van der Waals surface area contributed by atoms with Crippen molar-refractivity contribution in [2.75, 3.05) is 19.6 Å². The Kier molecular flexibility index (Phi) is 9.39. The Morgan fingerprint density at radius 3 is 2.29 bits per heavy atom. The SMILES string of the molecule is CC(C)C(NC1C[C@H](CN2CCC(CCCc3ccccc3)CC2)[C@@H](c2ccccc2)C1)C(=O)O. The van der Waals surface area contributed by atoms with Crippen molar-refractivity contribution in [1.29, 1.82) is 0 Å². The second kappa shape index (κ2) is 12.7. The van der Waals surface area contributed by atoms with Gasteiger partial charge in [-0.2, -0.15) is 0 Å². The number of nitrogens with zero attached hydrogens (tertiary/aromatic N) is 1. The minimum absolute atomic E-state index is 0.0858. The Morgan fingerprint density at radius 2 is 1.66 bits per heavy atom. The number of benzene rings is 2. The number of aryl methyl sites for hydroxylation is 1. The molecule has 1 aliphatic heterocycles. The Morgan fingerprint density at radius 1 is 1.00 bits per heavy atom. The van der Waals surface area contributed by atoms with E-state index in [1.165, 1.54) is 56.3 Å². The Hall–Kier alpha value is -2.17. The molecule has 2 unspecified atom stereocenters. The molecule has 2 N–H and O–H groups in total. The fourth-order valence-corrected chi connectivity index (χ4v) is 6.40. The van der Waals surface area contributed by atoms with Gasteiger partial charge in [0.15, 0.2) is 0 Å². The summed E-state index contributed by atoms with van der Waals surface area (Å²) in [6.07, 6.45) is 8.55. The Balaban J connectivity index is 1.29. The van der Waals surface area contributed by atoms with Crippen LogP contribution in [0.15, 0.2) is 60.7 Å². The van der Waals surface area contributed by atoms with Crippen molar-refractivity contribution < 1.29 is 9.90 Å².